The van der Waals surface area contributed by atoms with E-state index in [-0.39, 0.29) is 6.10 Å². The van der Waals surface area contributed by atoms with Gasteiger partial charge >= 0.3 is 0 Å². The summed E-state index contributed by atoms with van der Waals surface area (Å²) in [7, 11) is 0. The lowest BCUT2D eigenvalue weighted by molar-refractivity contribution is 0.188. The Balaban J connectivity index is 2.03. The number of hydrogen-bond acceptors (Lipinski definition) is 4. The van der Waals surface area contributed by atoms with Crippen molar-refractivity contribution in [3.8, 4) is 0 Å². The summed E-state index contributed by atoms with van der Waals surface area (Å²) in [6.45, 7) is 9.14. The summed E-state index contributed by atoms with van der Waals surface area (Å²) < 4.78 is 0. The summed E-state index contributed by atoms with van der Waals surface area (Å²) in [5.41, 5.74) is 1.09. The van der Waals surface area contributed by atoms with Crippen LogP contribution in [0.4, 0.5) is 0 Å². The third kappa shape index (κ3) is 3.67. The number of aliphatic hydroxyl groups is 1. The molecule has 1 aromatic rings. The zero-order valence-corrected chi connectivity index (χ0v) is 12.6. The van der Waals surface area contributed by atoms with Crippen molar-refractivity contribution in [3.05, 3.63) is 15.6 Å². The van der Waals surface area contributed by atoms with Crippen molar-refractivity contribution in [2.24, 2.45) is 4.99 Å². The molecule has 5 nitrogen and oxygen atoms in total. The van der Waals surface area contributed by atoms with Crippen LogP contribution in [0.1, 0.15) is 28.9 Å². The molecular weight excluding hydrogens is 260 g/mol. The zero-order valence-electron chi connectivity index (χ0n) is 11.8. The number of aliphatic imine (C=N–C) groups is 1. The van der Waals surface area contributed by atoms with E-state index in [9.17, 15) is 5.11 Å². The van der Waals surface area contributed by atoms with Crippen LogP contribution in [0.5, 0.6) is 0 Å². The van der Waals surface area contributed by atoms with Crippen LogP contribution in [-0.2, 0) is 6.54 Å². The number of guanidine groups is 1. The number of rotatable bonds is 3. The fourth-order valence-electron chi connectivity index (χ4n) is 2.11. The molecule has 0 amide bonds. The average molecular weight is 282 g/mol. The third-order valence-corrected chi connectivity index (χ3v) is 4.29. The summed E-state index contributed by atoms with van der Waals surface area (Å²) in [5, 5.41) is 13.9. The van der Waals surface area contributed by atoms with E-state index in [0.29, 0.717) is 13.1 Å². The molecule has 0 radical (unpaired) electrons. The molecule has 0 unspecified atom stereocenters. The highest BCUT2D eigenvalue weighted by Crippen LogP contribution is 2.17. The lowest BCUT2D eigenvalue weighted by Gasteiger charge is -2.20. The molecule has 2 heterocycles. The van der Waals surface area contributed by atoms with Gasteiger partial charge in [-0.2, -0.15) is 0 Å². The molecule has 2 rings (SSSR count). The fraction of sp³-hybridized carbons (Fsp3) is 0.692. The van der Waals surface area contributed by atoms with Crippen molar-refractivity contribution in [1.82, 2.24) is 15.2 Å². The molecule has 1 aliphatic heterocycles. The van der Waals surface area contributed by atoms with Gasteiger partial charge in [-0.15, -0.1) is 11.3 Å². The van der Waals surface area contributed by atoms with Crippen LogP contribution in [0.15, 0.2) is 4.99 Å². The van der Waals surface area contributed by atoms with Gasteiger partial charge in [0.25, 0.3) is 0 Å². The highest BCUT2D eigenvalue weighted by molar-refractivity contribution is 7.11. The van der Waals surface area contributed by atoms with Crippen molar-refractivity contribution in [2.45, 2.75) is 39.8 Å². The first-order valence-corrected chi connectivity index (χ1v) is 7.56. The topological polar surface area (TPSA) is 60.8 Å². The number of β-amino-alcohol motifs (C(OH)–C–C–N with tert-alkyl or cyclic N) is 1. The molecule has 0 saturated carbocycles. The quantitative estimate of drug-likeness (QED) is 0.648. The summed E-state index contributed by atoms with van der Waals surface area (Å²) in [6.07, 6.45) is 0.591. The van der Waals surface area contributed by atoms with Crippen LogP contribution in [0.3, 0.4) is 0 Å². The summed E-state index contributed by atoms with van der Waals surface area (Å²) in [6, 6.07) is 0. The summed E-state index contributed by atoms with van der Waals surface area (Å²) in [4.78, 5) is 12.5. The van der Waals surface area contributed by atoms with Crippen LogP contribution in [0, 0.1) is 13.8 Å². The third-order valence-electron chi connectivity index (χ3n) is 3.23. The Bertz CT molecular complexity index is 438. The van der Waals surface area contributed by atoms with Gasteiger partial charge in [0.2, 0.25) is 0 Å². The Morgan fingerprint density at radius 3 is 2.89 bits per heavy atom. The van der Waals surface area contributed by atoms with Gasteiger partial charge in [-0.1, -0.05) is 0 Å². The van der Waals surface area contributed by atoms with Gasteiger partial charge in [-0.25, -0.2) is 9.98 Å². The maximum Gasteiger partial charge on any atom is 0.194 e. The van der Waals surface area contributed by atoms with Crippen molar-refractivity contribution in [3.63, 3.8) is 0 Å². The average Bonchev–Trinajstić information content (AvgIpc) is 2.92. The van der Waals surface area contributed by atoms with Crippen LogP contribution in [0.2, 0.25) is 0 Å². The predicted octanol–water partition coefficient (Wildman–Crippen LogP) is 1.29. The van der Waals surface area contributed by atoms with Crippen LogP contribution < -0.4 is 5.32 Å². The highest BCUT2D eigenvalue weighted by atomic mass is 32.1. The lowest BCUT2D eigenvalue weighted by Crippen LogP contribution is -2.40. The number of hydrogen-bond donors (Lipinski definition) is 2. The number of nitrogens with one attached hydrogen (secondary N) is 1. The molecule has 1 atom stereocenters. The SMILES string of the molecule is CCNC(=NCc1nc(C)c(C)s1)N1CC[C@@H](O)C1. The maximum absolute atomic E-state index is 9.61. The van der Waals surface area contributed by atoms with E-state index in [1.165, 1.54) is 4.88 Å². The van der Waals surface area contributed by atoms with E-state index >= 15 is 0 Å². The molecule has 1 aromatic heterocycles. The predicted molar refractivity (Wildman–Crippen MR) is 78.6 cm³/mol. The molecule has 1 fully saturated rings. The standard InChI is InChI=1S/C13H22N4OS/c1-4-14-13(17-6-5-11(18)8-17)15-7-12-16-9(2)10(3)19-12/h11,18H,4-8H2,1-3H3,(H,14,15)/t11-/m1/s1. The molecule has 1 aliphatic rings. The van der Waals surface area contributed by atoms with Gasteiger partial charge < -0.3 is 15.3 Å². The first-order valence-electron chi connectivity index (χ1n) is 6.74. The number of nitrogens with zero attached hydrogens (tertiary/aromatic N) is 3. The van der Waals surface area contributed by atoms with Crippen LogP contribution in [-0.4, -0.2) is 46.7 Å². The van der Waals surface area contributed by atoms with Gasteiger partial charge in [0.15, 0.2) is 5.96 Å². The first kappa shape index (κ1) is 14.3. The van der Waals surface area contributed by atoms with Crippen molar-refractivity contribution >= 4 is 17.3 Å². The largest absolute Gasteiger partial charge is 0.391 e. The normalized spacial score (nSPS) is 20.1. The van der Waals surface area contributed by atoms with Crippen LogP contribution in [0.25, 0.3) is 0 Å². The molecular formula is C13H22N4OS. The highest BCUT2D eigenvalue weighted by Gasteiger charge is 2.22. The van der Waals surface area contributed by atoms with E-state index < -0.39 is 0 Å². The number of thiazole rings is 1. The van der Waals surface area contributed by atoms with E-state index in [1.807, 2.05) is 6.92 Å². The minimum absolute atomic E-state index is 0.229. The van der Waals surface area contributed by atoms with Crippen molar-refractivity contribution in [2.75, 3.05) is 19.6 Å². The molecule has 1 saturated heterocycles. The Kier molecular flexibility index (Phi) is 4.76. The van der Waals surface area contributed by atoms with Crippen molar-refractivity contribution in [1.29, 1.82) is 0 Å². The monoisotopic (exact) mass is 282 g/mol. The minimum Gasteiger partial charge on any atom is -0.391 e. The molecule has 19 heavy (non-hydrogen) atoms. The second-order valence-electron chi connectivity index (χ2n) is 4.81. The van der Waals surface area contributed by atoms with Gasteiger partial charge in [-0.05, 0) is 27.2 Å². The lowest BCUT2D eigenvalue weighted by atomic mass is 10.3. The van der Waals surface area contributed by atoms with E-state index in [1.54, 1.807) is 11.3 Å². The minimum atomic E-state index is -0.229. The Morgan fingerprint density at radius 1 is 1.58 bits per heavy atom. The van der Waals surface area contributed by atoms with Gasteiger partial charge in [-0.3, -0.25) is 0 Å². The second-order valence-corrected chi connectivity index (χ2v) is 6.10. The summed E-state index contributed by atoms with van der Waals surface area (Å²) >= 11 is 1.70. The first-order chi connectivity index (χ1) is 9.10. The summed E-state index contributed by atoms with van der Waals surface area (Å²) in [5.74, 6) is 0.879. The number of likely N-dealkylation sites (tertiary alicyclic amines) is 1. The Hall–Kier alpha value is -1.14. The number of aromatic nitrogens is 1. The zero-order chi connectivity index (χ0) is 13.8. The second kappa shape index (κ2) is 6.34. The molecule has 6 heteroatoms. The number of aryl methyl sites for hydroxylation is 2. The Morgan fingerprint density at radius 2 is 2.37 bits per heavy atom. The molecule has 2 N–H and O–H groups in total. The molecule has 0 bridgehead atoms. The van der Waals surface area contributed by atoms with Gasteiger partial charge in [0.05, 0.1) is 18.3 Å². The molecule has 0 spiro atoms. The molecule has 0 aliphatic carbocycles. The fourth-order valence-corrected chi connectivity index (χ4v) is 2.97. The van der Waals surface area contributed by atoms with Gasteiger partial charge in [0, 0.05) is 24.5 Å². The van der Waals surface area contributed by atoms with Crippen molar-refractivity contribution < 1.29 is 5.11 Å². The Labute approximate surface area is 118 Å². The molecule has 106 valence electrons. The van der Waals surface area contributed by atoms with Gasteiger partial charge in [0.1, 0.15) is 5.01 Å². The van der Waals surface area contributed by atoms with Crippen LogP contribution >= 0.6 is 11.3 Å². The smallest absolute Gasteiger partial charge is 0.194 e. The number of aliphatic hydroxyl groups excluding tert-OH is 1. The van der Waals surface area contributed by atoms with E-state index in [0.717, 1.165) is 36.2 Å². The maximum atomic E-state index is 9.61. The van der Waals surface area contributed by atoms with E-state index in [4.69, 9.17) is 0 Å². The van der Waals surface area contributed by atoms with E-state index in [2.05, 4.69) is 34.0 Å². The molecule has 0 aromatic carbocycles.